The summed E-state index contributed by atoms with van der Waals surface area (Å²) in [5.41, 5.74) is 2.20. The van der Waals surface area contributed by atoms with Crippen LogP contribution in [-0.2, 0) is 11.3 Å². The highest BCUT2D eigenvalue weighted by Gasteiger charge is 2.19. The highest BCUT2D eigenvalue weighted by atomic mass is 16.1. The second kappa shape index (κ2) is 9.07. The predicted molar refractivity (Wildman–Crippen MR) is 97.5 cm³/mol. The lowest BCUT2D eigenvalue weighted by Gasteiger charge is -2.31. The van der Waals surface area contributed by atoms with E-state index < -0.39 is 0 Å². The lowest BCUT2D eigenvalue weighted by atomic mass is 9.94. The fourth-order valence-electron chi connectivity index (χ4n) is 3.33. The Kier molecular flexibility index (Phi) is 7.10. The van der Waals surface area contributed by atoms with E-state index in [0.29, 0.717) is 18.4 Å². The SMILES string of the molecule is CC(C)CCC(=O)Nc1ccccc1CN(C)C1CCCCC1. The van der Waals surface area contributed by atoms with Crippen LogP contribution in [0.1, 0.15) is 64.4 Å². The number of para-hydroxylation sites is 1. The molecule has 0 spiro atoms. The van der Waals surface area contributed by atoms with Gasteiger partial charge in [-0.05, 0) is 43.9 Å². The van der Waals surface area contributed by atoms with Gasteiger partial charge < -0.3 is 5.32 Å². The molecule has 1 aromatic rings. The van der Waals surface area contributed by atoms with Crippen LogP contribution in [0.2, 0.25) is 0 Å². The first-order valence-electron chi connectivity index (χ1n) is 9.14. The lowest BCUT2D eigenvalue weighted by molar-refractivity contribution is -0.116. The van der Waals surface area contributed by atoms with E-state index in [1.165, 1.54) is 37.7 Å². The number of carbonyl (C=O) groups excluding carboxylic acids is 1. The summed E-state index contributed by atoms with van der Waals surface area (Å²) in [6, 6.07) is 8.92. The molecular formula is C20H32N2O. The number of hydrogen-bond donors (Lipinski definition) is 1. The monoisotopic (exact) mass is 316 g/mol. The molecule has 1 amide bonds. The third-order valence-corrected chi connectivity index (χ3v) is 4.86. The van der Waals surface area contributed by atoms with Gasteiger partial charge in [0.25, 0.3) is 0 Å². The van der Waals surface area contributed by atoms with Gasteiger partial charge in [-0.15, -0.1) is 0 Å². The minimum Gasteiger partial charge on any atom is -0.326 e. The van der Waals surface area contributed by atoms with E-state index in [1.807, 2.05) is 12.1 Å². The molecule has 0 heterocycles. The predicted octanol–water partition coefficient (Wildman–Crippen LogP) is 4.83. The molecule has 0 atom stereocenters. The largest absolute Gasteiger partial charge is 0.326 e. The van der Waals surface area contributed by atoms with Crippen LogP contribution >= 0.6 is 0 Å². The lowest BCUT2D eigenvalue weighted by Crippen LogP contribution is -2.33. The molecule has 3 heteroatoms. The number of hydrogen-bond acceptors (Lipinski definition) is 2. The molecule has 1 aromatic carbocycles. The maximum absolute atomic E-state index is 12.1. The summed E-state index contributed by atoms with van der Waals surface area (Å²) in [6.45, 7) is 5.21. The van der Waals surface area contributed by atoms with E-state index in [4.69, 9.17) is 0 Å². The van der Waals surface area contributed by atoms with Gasteiger partial charge in [-0.25, -0.2) is 0 Å². The van der Waals surface area contributed by atoms with Gasteiger partial charge in [-0.3, -0.25) is 9.69 Å². The molecule has 128 valence electrons. The first kappa shape index (κ1) is 18.0. The van der Waals surface area contributed by atoms with Gasteiger partial charge in [-0.2, -0.15) is 0 Å². The molecule has 3 nitrogen and oxygen atoms in total. The van der Waals surface area contributed by atoms with Gasteiger partial charge >= 0.3 is 0 Å². The zero-order valence-electron chi connectivity index (χ0n) is 15.0. The molecule has 1 aliphatic rings. The molecule has 0 aliphatic heterocycles. The van der Waals surface area contributed by atoms with Gasteiger partial charge in [0.15, 0.2) is 0 Å². The normalized spacial score (nSPS) is 16.0. The summed E-state index contributed by atoms with van der Waals surface area (Å²) in [5, 5.41) is 3.11. The third kappa shape index (κ3) is 5.98. The van der Waals surface area contributed by atoms with Gasteiger partial charge in [0.2, 0.25) is 5.91 Å². The molecule has 0 saturated heterocycles. The Balaban J connectivity index is 1.95. The second-order valence-electron chi connectivity index (χ2n) is 7.34. The van der Waals surface area contributed by atoms with Crippen molar-refractivity contribution in [2.24, 2.45) is 5.92 Å². The maximum Gasteiger partial charge on any atom is 0.224 e. The zero-order valence-corrected chi connectivity index (χ0v) is 15.0. The van der Waals surface area contributed by atoms with Crippen molar-refractivity contribution in [1.29, 1.82) is 0 Å². The molecule has 0 aromatic heterocycles. The number of rotatable bonds is 7. The van der Waals surface area contributed by atoms with Crippen molar-refractivity contribution in [3.05, 3.63) is 29.8 Å². The van der Waals surface area contributed by atoms with E-state index in [-0.39, 0.29) is 5.91 Å². The topological polar surface area (TPSA) is 32.3 Å². The molecule has 1 saturated carbocycles. The van der Waals surface area contributed by atoms with Crippen LogP contribution in [-0.4, -0.2) is 23.9 Å². The van der Waals surface area contributed by atoms with Crippen molar-refractivity contribution < 1.29 is 4.79 Å². The van der Waals surface area contributed by atoms with Crippen LogP contribution in [0, 0.1) is 5.92 Å². The first-order chi connectivity index (χ1) is 11.1. The Morgan fingerprint density at radius 2 is 1.91 bits per heavy atom. The van der Waals surface area contributed by atoms with Gasteiger partial charge in [0, 0.05) is 24.7 Å². The first-order valence-corrected chi connectivity index (χ1v) is 9.14. The number of carbonyl (C=O) groups is 1. The standard InChI is InChI=1S/C20H32N2O/c1-16(2)13-14-20(23)21-19-12-8-7-9-17(19)15-22(3)18-10-5-4-6-11-18/h7-9,12,16,18H,4-6,10-11,13-15H2,1-3H3,(H,21,23). The van der Waals surface area contributed by atoms with Crippen LogP contribution < -0.4 is 5.32 Å². The molecule has 0 bridgehead atoms. The third-order valence-electron chi connectivity index (χ3n) is 4.86. The highest BCUT2D eigenvalue weighted by Crippen LogP contribution is 2.25. The van der Waals surface area contributed by atoms with Gasteiger partial charge in [0.1, 0.15) is 0 Å². The average molecular weight is 316 g/mol. The molecule has 23 heavy (non-hydrogen) atoms. The maximum atomic E-state index is 12.1. The summed E-state index contributed by atoms with van der Waals surface area (Å²) in [6.07, 6.45) is 8.23. The Bertz CT molecular complexity index is 492. The van der Waals surface area contributed by atoms with Crippen LogP contribution in [0.15, 0.2) is 24.3 Å². The molecule has 1 fully saturated rings. The van der Waals surface area contributed by atoms with Gasteiger partial charge in [0.05, 0.1) is 0 Å². The summed E-state index contributed by atoms with van der Waals surface area (Å²) < 4.78 is 0. The van der Waals surface area contributed by atoms with Crippen molar-refractivity contribution in [2.45, 2.75) is 71.4 Å². The Morgan fingerprint density at radius 3 is 2.61 bits per heavy atom. The minimum atomic E-state index is 0.131. The number of benzene rings is 1. The van der Waals surface area contributed by atoms with Crippen LogP contribution in [0.5, 0.6) is 0 Å². The van der Waals surface area contributed by atoms with Crippen molar-refractivity contribution in [2.75, 3.05) is 12.4 Å². The fourth-order valence-corrected chi connectivity index (χ4v) is 3.33. The summed E-state index contributed by atoms with van der Waals surface area (Å²) >= 11 is 0. The molecule has 1 N–H and O–H groups in total. The fraction of sp³-hybridized carbons (Fsp3) is 0.650. The number of amides is 1. The van der Waals surface area contributed by atoms with Crippen LogP contribution in [0.25, 0.3) is 0 Å². The molecule has 0 unspecified atom stereocenters. The van der Waals surface area contributed by atoms with E-state index in [2.05, 4.69) is 43.2 Å². The second-order valence-corrected chi connectivity index (χ2v) is 7.34. The quantitative estimate of drug-likeness (QED) is 0.781. The molecule has 2 rings (SSSR count). The summed E-state index contributed by atoms with van der Waals surface area (Å²) in [7, 11) is 2.22. The molecule has 0 radical (unpaired) electrons. The zero-order chi connectivity index (χ0) is 16.7. The molecular weight excluding hydrogens is 284 g/mol. The smallest absolute Gasteiger partial charge is 0.224 e. The Labute approximate surface area is 141 Å². The van der Waals surface area contributed by atoms with Crippen LogP contribution in [0.4, 0.5) is 5.69 Å². The number of nitrogens with zero attached hydrogens (tertiary/aromatic N) is 1. The average Bonchev–Trinajstić information content (AvgIpc) is 2.55. The summed E-state index contributed by atoms with van der Waals surface area (Å²) in [5.74, 6) is 0.694. The summed E-state index contributed by atoms with van der Waals surface area (Å²) in [4.78, 5) is 14.6. The van der Waals surface area contributed by atoms with Crippen molar-refractivity contribution >= 4 is 11.6 Å². The van der Waals surface area contributed by atoms with E-state index in [0.717, 1.165) is 18.7 Å². The number of nitrogens with one attached hydrogen (secondary N) is 1. The van der Waals surface area contributed by atoms with Crippen LogP contribution in [0.3, 0.4) is 0 Å². The van der Waals surface area contributed by atoms with E-state index in [9.17, 15) is 4.79 Å². The molecule has 1 aliphatic carbocycles. The Hall–Kier alpha value is -1.35. The van der Waals surface area contributed by atoms with Gasteiger partial charge in [-0.1, -0.05) is 51.3 Å². The highest BCUT2D eigenvalue weighted by molar-refractivity contribution is 5.91. The van der Waals surface area contributed by atoms with Crippen molar-refractivity contribution in [3.63, 3.8) is 0 Å². The van der Waals surface area contributed by atoms with Crippen molar-refractivity contribution in [3.8, 4) is 0 Å². The number of anilines is 1. The Morgan fingerprint density at radius 1 is 1.22 bits per heavy atom. The van der Waals surface area contributed by atoms with Crippen molar-refractivity contribution in [1.82, 2.24) is 4.90 Å². The van der Waals surface area contributed by atoms with E-state index >= 15 is 0 Å². The minimum absolute atomic E-state index is 0.131. The van der Waals surface area contributed by atoms with E-state index in [1.54, 1.807) is 0 Å².